The van der Waals surface area contributed by atoms with Crippen LogP contribution in [0.4, 0.5) is 5.69 Å². The molecule has 0 aromatic heterocycles. The van der Waals surface area contributed by atoms with Gasteiger partial charge >= 0.3 is 0 Å². The molecule has 144 valence electrons. The number of hydrogen-bond donors (Lipinski definition) is 2. The van der Waals surface area contributed by atoms with Crippen molar-refractivity contribution in [1.29, 1.82) is 0 Å². The van der Waals surface area contributed by atoms with Gasteiger partial charge in [-0.25, -0.2) is 0 Å². The second-order valence-electron chi connectivity index (χ2n) is 6.85. The Morgan fingerprint density at radius 3 is 2.38 bits per heavy atom. The third-order valence-electron chi connectivity index (χ3n) is 4.62. The first-order chi connectivity index (χ1) is 12.2. The molecule has 0 saturated heterocycles. The third kappa shape index (κ3) is 7.76. The van der Waals surface area contributed by atoms with Crippen LogP contribution >= 0.6 is 12.4 Å². The minimum Gasteiger partial charge on any atom is -0.330 e. The number of unbranched alkanes of at least 4 members (excludes halogenated alkanes) is 5. The number of hydrogen-bond acceptors (Lipinski definition) is 2. The van der Waals surface area contributed by atoms with Gasteiger partial charge < -0.3 is 11.1 Å². The maximum absolute atomic E-state index is 11.8. The topological polar surface area (TPSA) is 55.1 Å². The van der Waals surface area contributed by atoms with Gasteiger partial charge in [-0.3, -0.25) is 4.79 Å². The van der Waals surface area contributed by atoms with Crippen LogP contribution in [0, 0.1) is 0 Å². The van der Waals surface area contributed by atoms with Crippen molar-refractivity contribution in [1.82, 2.24) is 0 Å². The molecule has 2 aromatic carbocycles. The zero-order valence-corrected chi connectivity index (χ0v) is 16.7. The Hall–Kier alpha value is -1.58. The van der Waals surface area contributed by atoms with Crippen LogP contribution in [0.1, 0.15) is 63.9 Å². The number of nitrogens with one attached hydrogen (secondary N) is 1. The Morgan fingerprint density at radius 2 is 1.62 bits per heavy atom. The number of benzene rings is 2. The van der Waals surface area contributed by atoms with E-state index in [1.165, 1.54) is 54.9 Å². The average Bonchev–Trinajstić information content (AvgIpc) is 2.63. The van der Waals surface area contributed by atoms with Crippen molar-refractivity contribution in [3.63, 3.8) is 0 Å². The summed E-state index contributed by atoms with van der Waals surface area (Å²) < 4.78 is 0. The molecule has 0 radical (unpaired) electrons. The number of anilines is 1. The van der Waals surface area contributed by atoms with Crippen molar-refractivity contribution in [2.75, 3.05) is 11.9 Å². The van der Waals surface area contributed by atoms with Crippen LogP contribution in [0.2, 0.25) is 0 Å². The lowest BCUT2D eigenvalue weighted by Crippen LogP contribution is -2.13. The normalized spacial score (nSPS) is 10.5. The summed E-state index contributed by atoms with van der Waals surface area (Å²) in [6.07, 6.45) is 10.3. The number of rotatable bonds is 11. The molecule has 4 heteroatoms. The summed E-state index contributed by atoms with van der Waals surface area (Å²) in [4.78, 5) is 11.8. The molecular formula is C22H33ClN2O. The molecule has 0 atom stereocenters. The number of halogens is 1. The average molecular weight is 377 g/mol. The monoisotopic (exact) mass is 376 g/mol. The quantitative estimate of drug-likeness (QED) is 0.484. The number of nitrogens with two attached hydrogens (primary N) is 1. The minimum absolute atomic E-state index is 0. The van der Waals surface area contributed by atoms with Crippen LogP contribution in [-0.2, 0) is 11.2 Å². The fraction of sp³-hybridized carbons (Fsp3) is 0.500. The van der Waals surface area contributed by atoms with E-state index in [1.807, 2.05) is 12.1 Å². The van der Waals surface area contributed by atoms with Crippen molar-refractivity contribution in [3.8, 4) is 0 Å². The summed E-state index contributed by atoms with van der Waals surface area (Å²) in [7, 11) is 0. The van der Waals surface area contributed by atoms with Crippen molar-refractivity contribution in [2.24, 2.45) is 5.73 Å². The maximum atomic E-state index is 11.8. The summed E-state index contributed by atoms with van der Waals surface area (Å²) in [6.45, 7) is 2.80. The fourth-order valence-corrected chi connectivity index (χ4v) is 3.12. The Bertz CT molecular complexity index is 672. The van der Waals surface area contributed by atoms with E-state index in [2.05, 4.69) is 36.5 Å². The van der Waals surface area contributed by atoms with Gasteiger partial charge in [0.15, 0.2) is 0 Å². The van der Waals surface area contributed by atoms with E-state index in [4.69, 9.17) is 5.73 Å². The standard InChI is InChI=1S/C22H32N2O.ClH/c1-2-3-4-5-6-7-9-18-11-12-20-17-21(14-13-19(20)16-18)24-22(25)10-8-15-23;/h11-14,16-17H,2-10,15,23H2,1H3,(H,24,25);1H. The first-order valence-corrected chi connectivity index (χ1v) is 9.75. The van der Waals surface area contributed by atoms with Crippen LogP contribution in [-0.4, -0.2) is 12.5 Å². The molecule has 3 nitrogen and oxygen atoms in total. The van der Waals surface area contributed by atoms with E-state index < -0.39 is 0 Å². The van der Waals surface area contributed by atoms with Gasteiger partial charge in [0.25, 0.3) is 0 Å². The summed E-state index contributed by atoms with van der Waals surface area (Å²) in [5.41, 5.74) is 7.71. The maximum Gasteiger partial charge on any atom is 0.224 e. The summed E-state index contributed by atoms with van der Waals surface area (Å²) in [5.74, 6) is 0.0319. The molecule has 0 saturated carbocycles. The van der Waals surface area contributed by atoms with Crippen LogP contribution < -0.4 is 11.1 Å². The van der Waals surface area contributed by atoms with Crippen LogP contribution in [0.25, 0.3) is 10.8 Å². The zero-order chi connectivity index (χ0) is 17.9. The molecule has 1 amide bonds. The van der Waals surface area contributed by atoms with E-state index >= 15 is 0 Å². The summed E-state index contributed by atoms with van der Waals surface area (Å²) in [6, 6.07) is 12.8. The predicted octanol–water partition coefficient (Wildman–Crippen LogP) is 5.84. The molecule has 0 aliphatic rings. The van der Waals surface area contributed by atoms with Gasteiger partial charge in [0.05, 0.1) is 0 Å². The molecule has 2 aromatic rings. The lowest BCUT2D eigenvalue weighted by molar-refractivity contribution is -0.116. The van der Waals surface area contributed by atoms with Crippen molar-refractivity contribution in [3.05, 3.63) is 42.0 Å². The first kappa shape index (κ1) is 22.5. The second-order valence-corrected chi connectivity index (χ2v) is 6.85. The van der Waals surface area contributed by atoms with Gasteiger partial charge in [-0.05, 0) is 54.3 Å². The number of aryl methyl sites for hydroxylation is 1. The van der Waals surface area contributed by atoms with E-state index in [-0.39, 0.29) is 18.3 Å². The van der Waals surface area contributed by atoms with Gasteiger partial charge in [-0.2, -0.15) is 0 Å². The van der Waals surface area contributed by atoms with Crippen LogP contribution in [0.3, 0.4) is 0 Å². The lowest BCUT2D eigenvalue weighted by Gasteiger charge is -2.08. The fourth-order valence-electron chi connectivity index (χ4n) is 3.12. The highest BCUT2D eigenvalue weighted by atomic mass is 35.5. The van der Waals surface area contributed by atoms with E-state index in [9.17, 15) is 4.79 Å². The molecule has 0 spiro atoms. The minimum atomic E-state index is 0. The van der Waals surface area contributed by atoms with E-state index in [1.54, 1.807) is 0 Å². The molecule has 0 bridgehead atoms. The molecule has 0 unspecified atom stereocenters. The van der Waals surface area contributed by atoms with Gasteiger partial charge in [0.2, 0.25) is 5.91 Å². The Balaban J connectivity index is 0.00000338. The van der Waals surface area contributed by atoms with Gasteiger partial charge in [-0.15, -0.1) is 12.4 Å². The molecule has 2 rings (SSSR count). The Labute approximate surface area is 164 Å². The van der Waals surface area contributed by atoms with E-state index in [0.29, 0.717) is 13.0 Å². The predicted molar refractivity (Wildman–Crippen MR) is 115 cm³/mol. The van der Waals surface area contributed by atoms with E-state index in [0.717, 1.165) is 18.5 Å². The van der Waals surface area contributed by atoms with Crippen LogP contribution in [0.15, 0.2) is 36.4 Å². The number of amides is 1. The van der Waals surface area contributed by atoms with Crippen molar-refractivity contribution >= 4 is 34.8 Å². The first-order valence-electron chi connectivity index (χ1n) is 9.75. The highest BCUT2D eigenvalue weighted by molar-refractivity contribution is 5.94. The molecule has 0 fully saturated rings. The number of carbonyl (C=O) groups excluding carboxylic acids is 1. The zero-order valence-electron chi connectivity index (χ0n) is 15.9. The van der Waals surface area contributed by atoms with Gasteiger partial charge in [0, 0.05) is 12.1 Å². The summed E-state index contributed by atoms with van der Waals surface area (Å²) >= 11 is 0. The largest absolute Gasteiger partial charge is 0.330 e. The molecule has 26 heavy (non-hydrogen) atoms. The molecule has 0 aliphatic carbocycles. The van der Waals surface area contributed by atoms with Gasteiger partial charge in [0.1, 0.15) is 0 Å². The molecule has 0 heterocycles. The molecular weight excluding hydrogens is 344 g/mol. The van der Waals surface area contributed by atoms with Crippen molar-refractivity contribution in [2.45, 2.75) is 64.7 Å². The second kappa shape index (κ2) is 12.7. The smallest absolute Gasteiger partial charge is 0.224 e. The number of fused-ring (bicyclic) bond motifs is 1. The third-order valence-corrected chi connectivity index (χ3v) is 4.62. The Kier molecular flexibility index (Phi) is 11.0. The van der Waals surface area contributed by atoms with Crippen molar-refractivity contribution < 1.29 is 4.79 Å². The number of carbonyl (C=O) groups is 1. The summed E-state index contributed by atoms with van der Waals surface area (Å²) in [5, 5.41) is 5.36. The van der Waals surface area contributed by atoms with Gasteiger partial charge in [-0.1, -0.05) is 63.3 Å². The van der Waals surface area contributed by atoms with Crippen LogP contribution in [0.5, 0.6) is 0 Å². The lowest BCUT2D eigenvalue weighted by atomic mass is 10.0. The highest BCUT2D eigenvalue weighted by Gasteiger charge is 2.03. The highest BCUT2D eigenvalue weighted by Crippen LogP contribution is 2.22. The molecule has 3 N–H and O–H groups in total. The Morgan fingerprint density at radius 1 is 0.923 bits per heavy atom. The SMILES string of the molecule is CCCCCCCCc1ccc2cc(NC(=O)CCCN)ccc2c1.Cl. The molecule has 0 aliphatic heterocycles.